The highest BCUT2D eigenvalue weighted by Crippen LogP contribution is 2.05. The lowest BCUT2D eigenvalue weighted by Gasteiger charge is -2.05. The van der Waals surface area contributed by atoms with E-state index < -0.39 is 0 Å². The highest BCUT2D eigenvalue weighted by atomic mass is 19.1. The molecule has 1 aromatic carbocycles. The molecule has 0 aliphatic carbocycles. The van der Waals surface area contributed by atoms with Gasteiger partial charge in [-0.3, -0.25) is 4.79 Å². The number of nitrogens with one attached hydrogen (secondary N) is 1. The van der Waals surface area contributed by atoms with Gasteiger partial charge in [0, 0.05) is 25.1 Å². The van der Waals surface area contributed by atoms with Crippen LogP contribution in [0.1, 0.15) is 24.8 Å². The number of unbranched alkanes of at least 4 members (excludes halogenated alkanes) is 1. The summed E-state index contributed by atoms with van der Waals surface area (Å²) < 4.78 is 13.2. The van der Waals surface area contributed by atoms with E-state index in [4.69, 9.17) is 5.11 Å². The zero-order valence-corrected chi connectivity index (χ0v) is 9.08. The molecule has 0 saturated heterocycles. The molecule has 0 fully saturated rings. The van der Waals surface area contributed by atoms with Gasteiger partial charge in [0.15, 0.2) is 0 Å². The maximum absolute atomic E-state index is 13.2. The van der Waals surface area contributed by atoms with Crippen LogP contribution in [0.4, 0.5) is 4.39 Å². The smallest absolute Gasteiger partial charge is 0.220 e. The van der Waals surface area contributed by atoms with E-state index in [2.05, 4.69) is 5.32 Å². The number of hydrogen-bond acceptors (Lipinski definition) is 2. The summed E-state index contributed by atoms with van der Waals surface area (Å²) in [5.74, 6) is -0.421. The molecule has 0 heterocycles. The van der Waals surface area contributed by atoms with Crippen molar-refractivity contribution in [2.45, 2.75) is 25.8 Å². The van der Waals surface area contributed by atoms with E-state index >= 15 is 0 Å². The van der Waals surface area contributed by atoms with Gasteiger partial charge in [0.2, 0.25) is 5.91 Å². The minimum atomic E-state index is -0.307. The lowest BCUT2D eigenvalue weighted by molar-refractivity contribution is -0.121. The number of carbonyl (C=O) groups excluding carboxylic acids is 1. The molecule has 1 aromatic rings. The molecule has 0 atom stereocenters. The lowest BCUT2D eigenvalue weighted by Crippen LogP contribution is -2.22. The average molecular weight is 225 g/mol. The third-order valence-electron chi connectivity index (χ3n) is 2.25. The fourth-order valence-electron chi connectivity index (χ4n) is 1.32. The number of halogens is 1. The zero-order chi connectivity index (χ0) is 11.8. The monoisotopic (exact) mass is 225 g/mol. The molecule has 0 spiro atoms. The summed E-state index contributed by atoms with van der Waals surface area (Å²) in [4.78, 5) is 11.3. The predicted octanol–water partition coefficient (Wildman–Crippen LogP) is 1.60. The summed E-state index contributed by atoms with van der Waals surface area (Å²) in [6.07, 6.45) is 1.64. The third kappa shape index (κ3) is 4.40. The summed E-state index contributed by atoms with van der Waals surface area (Å²) in [6.45, 7) is 0.311. The first-order valence-corrected chi connectivity index (χ1v) is 5.35. The molecule has 3 nitrogen and oxygen atoms in total. The van der Waals surface area contributed by atoms with Crippen LogP contribution in [0.2, 0.25) is 0 Å². The van der Waals surface area contributed by atoms with Crippen molar-refractivity contribution in [2.24, 2.45) is 0 Å². The first kappa shape index (κ1) is 12.6. The molecular formula is C12H16FNO2. The number of aliphatic hydroxyl groups excluding tert-OH is 1. The minimum Gasteiger partial charge on any atom is -0.396 e. The quantitative estimate of drug-likeness (QED) is 0.722. The van der Waals surface area contributed by atoms with Crippen molar-refractivity contribution in [3.05, 3.63) is 35.6 Å². The Kier molecular flexibility index (Phi) is 5.50. The standard InChI is InChI=1S/C12H16FNO2/c13-11-6-2-1-5-10(11)9-14-12(16)7-3-4-8-15/h1-2,5-6,15H,3-4,7-9H2,(H,14,16). The van der Waals surface area contributed by atoms with Crippen molar-refractivity contribution in [2.75, 3.05) is 6.61 Å². The summed E-state index contributed by atoms with van der Waals surface area (Å²) in [7, 11) is 0. The highest BCUT2D eigenvalue weighted by Gasteiger charge is 2.03. The molecule has 1 amide bonds. The topological polar surface area (TPSA) is 49.3 Å². The summed E-state index contributed by atoms with van der Waals surface area (Å²) in [5.41, 5.74) is 0.484. The van der Waals surface area contributed by atoms with E-state index in [9.17, 15) is 9.18 Å². The zero-order valence-electron chi connectivity index (χ0n) is 9.08. The average Bonchev–Trinajstić information content (AvgIpc) is 2.28. The van der Waals surface area contributed by atoms with Gasteiger partial charge in [0.1, 0.15) is 5.82 Å². The van der Waals surface area contributed by atoms with E-state index in [1.54, 1.807) is 18.2 Å². The van der Waals surface area contributed by atoms with Gasteiger partial charge in [-0.05, 0) is 18.9 Å². The molecule has 88 valence electrons. The summed E-state index contributed by atoms with van der Waals surface area (Å²) >= 11 is 0. The van der Waals surface area contributed by atoms with Crippen LogP contribution >= 0.6 is 0 Å². The van der Waals surface area contributed by atoms with E-state index in [1.807, 2.05) is 0 Å². The predicted molar refractivity (Wildman–Crippen MR) is 59.2 cm³/mol. The van der Waals surface area contributed by atoms with Crippen LogP contribution in [0.15, 0.2) is 24.3 Å². The van der Waals surface area contributed by atoms with E-state index in [1.165, 1.54) is 6.07 Å². The Morgan fingerprint density at radius 2 is 2.06 bits per heavy atom. The Labute approximate surface area is 94.3 Å². The minimum absolute atomic E-state index is 0.0978. The van der Waals surface area contributed by atoms with Crippen LogP contribution in [0.25, 0.3) is 0 Å². The van der Waals surface area contributed by atoms with Crippen LogP contribution in [0.5, 0.6) is 0 Å². The van der Waals surface area contributed by atoms with Crippen LogP contribution < -0.4 is 5.32 Å². The van der Waals surface area contributed by atoms with Crippen molar-refractivity contribution < 1.29 is 14.3 Å². The molecule has 0 unspecified atom stereocenters. The Morgan fingerprint density at radius 3 is 2.75 bits per heavy atom. The summed E-state index contributed by atoms with van der Waals surface area (Å²) in [6, 6.07) is 6.36. The highest BCUT2D eigenvalue weighted by molar-refractivity contribution is 5.75. The molecule has 0 bridgehead atoms. The van der Waals surface area contributed by atoms with Crippen LogP contribution in [0, 0.1) is 5.82 Å². The summed E-state index contributed by atoms with van der Waals surface area (Å²) in [5, 5.41) is 11.2. The molecule has 1 rings (SSSR count). The normalized spacial score (nSPS) is 10.1. The van der Waals surface area contributed by atoms with Gasteiger partial charge in [0.25, 0.3) is 0 Å². The van der Waals surface area contributed by atoms with Gasteiger partial charge in [0.05, 0.1) is 0 Å². The Hall–Kier alpha value is -1.42. The van der Waals surface area contributed by atoms with Crippen LogP contribution in [0.3, 0.4) is 0 Å². The molecule has 16 heavy (non-hydrogen) atoms. The van der Waals surface area contributed by atoms with Gasteiger partial charge >= 0.3 is 0 Å². The maximum atomic E-state index is 13.2. The number of carbonyl (C=O) groups is 1. The first-order chi connectivity index (χ1) is 7.74. The van der Waals surface area contributed by atoms with Gasteiger partial charge < -0.3 is 10.4 Å². The van der Waals surface area contributed by atoms with Crippen molar-refractivity contribution in [3.63, 3.8) is 0 Å². The van der Waals surface area contributed by atoms with E-state index in [0.717, 1.165) is 0 Å². The van der Waals surface area contributed by atoms with Crippen LogP contribution in [-0.4, -0.2) is 17.6 Å². The second-order valence-corrected chi connectivity index (χ2v) is 3.55. The number of rotatable bonds is 6. The van der Waals surface area contributed by atoms with Crippen molar-refractivity contribution >= 4 is 5.91 Å². The molecular weight excluding hydrogens is 209 g/mol. The Morgan fingerprint density at radius 1 is 1.31 bits per heavy atom. The number of benzene rings is 1. The fourth-order valence-corrected chi connectivity index (χ4v) is 1.32. The van der Waals surface area contributed by atoms with Crippen molar-refractivity contribution in [1.29, 1.82) is 0 Å². The van der Waals surface area contributed by atoms with Gasteiger partial charge in [-0.1, -0.05) is 18.2 Å². The van der Waals surface area contributed by atoms with Crippen LogP contribution in [-0.2, 0) is 11.3 Å². The Balaban J connectivity index is 2.29. The van der Waals surface area contributed by atoms with Gasteiger partial charge in [-0.15, -0.1) is 0 Å². The number of aliphatic hydroxyl groups is 1. The second-order valence-electron chi connectivity index (χ2n) is 3.55. The fraction of sp³-hybridized carbons (Fsp3) is 0.417. The van der Waals surface area contributed by atoms with Crippen molar-refractivity contribution in [3.8, 4) is 0 Å². The van der Waals surface area contributed by atoms with E-state index in [0.29, 0.717) is 24.8 Å². The number of hydrogen-bond donors (Lipinski definition) is 2. The molecule has 0 aliphatic heterocycles. The SMILES string of the molecule is O=C(CCCCO)NCc1ccccc1F. The Bertz CT molecular complexity index is 342. The molecule has 0 aromatic heterocycles. The molecule has 0 radical (unpaired) electrons. The molecule has 0 saturated carbocycles. The third-order valence-corrected chi connectivity index (χ3v) is 2.25. The van der Waals surface area contributed by atoms with Gasteiger partial charge in [-0.25, -0.2) is 4.39 Å². The molecule has 2 N–H and O–H groups in total. The molecule has 0 aliphatic rings. The maximum Gasteiger partial charge on any atom is 0.220 e. The largest absolute Gasteiger partial charge is 0.396 e. The van der Waals surface area contributed by atoms with Gasteiger partial charge in [-0.2, -0.15) is 0 Å². The second kappa shape index (κ2) is 6.95. The number of amides is 1. The lowest BCUT2D eigenvalue weighted by atomic mass is 10.2. The van der Waals surface area contributed by atoms with E-state index in [-0.39, 0.29) is 24.9 Å². The molecule has 4 heteroatoms. The van der Waals surface area contributed by atoms with Crippen molar-refractivity contribution in [1.82, 2.24) is 5.32 Å². The first-order valence-electron chi connectivity index (χ1n) is 5.35.